The summed E-state index contributed by atoms with van der Waals surface area (Å²) in [6, 6.07) is 0. The predicted octanol–water partition coefficient (Wildman–Crippen LogP) is 1.55. The van der Waals surface area contributed by atoms with Gasteiger partial charge in [-0.3, -0.25) is 0 Å². The third kappa shape index (κ3) is 6.58. The maximum absolute atomic E-state index is 8.56. The Morgan fingerprint density at radius 3 is 2.08 bits per heavy atom. The second kappa shape index (κ2) is 8.97. The standard InChI is InChI=1S/C9H20O3/c1-3-11-9(12-4-2)7-5-6-8-10/h9-10H,3-8H2,1-2H3. The van der Waals surface area contributed by atoms with E-state index in [2.05, 4.69) is 0 Å². The number of rotatable bonds is 8. The number of hydrogen-bond donors (Lipinski definition) is 1. The molecular formula is C9H20O3. The summed E-state index contributed by atoms with van der Waals surface area (Å²) >= 11 is 0. The van der Waals surface area contributed by atoms with Gasteiger partial charge in [-0.2, -0.15) is 0 Å². The van der Waals surface area contributed by atoms with Crippen molar-refractivity contribution < 1.29 is 14.6 Å². The van der Waals surface area contributed by atoms with Gasteiger partial charge in [0.1, 0.15) is 0 Å². The van der Waals surface area contributed by atoms with Crippen molar-refractivity contribution in [2.75, 3.05) is 19.8 Å². The van der Waals surface area contributed by atoms with Gasteiger partial charge in [-0.15, -0.1) is 0 Å². The summed E-state index contributed by atoms with van der Waals surface area (Å²) in [6.45, 7) is 5.54. The molecule has 0 amide bonds. The molecule has 0 unspecified atom stereocenters. The van der Waals surface area contributed by atoms with Crippen molar-refractivity contribution in [3.8, 4) is 0 Å². The Hall–Kier alpha value is -0.120. The maximum Gasteiger partial charge on any atom is 0.157 e. The summed E-state index contributed by atoms with van der Waals surface area (Å²) in [6.07, 6.45) is 2.59. The smallest absolute Gasteiger partial charge is 0.157 e. The van der Waals surface area contributed by atoms with Crippen molar-refractivity contribution in [1.82, 2.24) is 0 Å². The Morgan fingerprint density at radius 2 is 1.67 bits per heavy atom. The molecule has 0 aromatic heterocycles. The molecule has 3 heteroatoms. The molecule has 0 saturated carbocycles. The molecule has 0 aliphatic rings. The fraction of sp³-hybridized carbons (Fsp3) is 1.00. The van der Waals surface area contributed by atoms with E-state index in [1.807, 2.05) is 13.8 Å². The first-order valence-electron chi connectivity index (χ1n) is 4.69. The Balaban J connectivity index is 3.34. The van der Waals surface area contributed by atoms with Crippen LogP contribution in [0.15, 0.2) is 0 Å². The minimum absolute atomic E-state index is 0.0773. The molecule has 12 heavy (non-hydrogen) atoms. The Labute approximate surface area is 74.7 Å². The molecule has 0 aromatic carbocycles. The first-order valence-corrected chi connectivity index (χ1v) is 4.69. The molecule has 0 spiro atoms. The molecular weight excluding hydrogens is 156 g/mol. The molecule has 0 rings (SSSR count). The lowest BCUT2D eigenvalue weighted by Crippen LogP contribution is -2.17. The number of hydrogen-bond acceptors (Lipinski definition) is 3. The van der Waals surface area contributed by atoms with E-state index in [1.54, 1.807) is 0 Å². The summed E-state index contributed by atoms with van der Waals surface area (Å²) in [7, 11) is 0. The van der Waals surface area contributed by atoms with Crippen LogP contribution in [-0.2, 0) is 9.47 Å². The van der Waals surface area contributed by atoms with E-state index in [0.717, 1.165) is 19.3 Å². The highest BCUT2D eigenvalue weighted by Crippen LogP contribution is 2.06. The van der Waals surface area contributed by atoms with Crippen LogP contribution >= 0.6 is 0 Å². The van der Waals surface area contributed by atoms with E-state index in [9.17, 15) is 0 Å². The SMILES string of the molecule is CCOC(CCCCO)OCC. The van der Waals surface area contributed by atoms with Gasteiger partial charge >= 0.3 is 0 Å². The zero-order valence-electron chi connectivity index (χ0n) is 8.08. The molecule has 3 nitrogen and oxygen atoms in total. The summed E-state index contributed by atoms with van der Waals surface area (Å²) in [5.41, 5.74) is 0. The van der Waals surface area contributed by atoms with Crippen molar-refractivity contribution >= 4 is 0 Å². The van der Waals surface area contributed by atoms with E-state index in [0.29, 0.717) is 13.2 Å². The fourth-order valence-electron chi connectivity index (χ4n) is 1.01. The highest BCUT2D eigenvalue weighted by atomic mass is 16.7. The molecule has 0 aliphatic heterocycles. The minimum Gasteiger partial charge on any atom is -0.396 e. The molecule has 0 aliphatic carbocycles. The van der Waals surface area contributed by atoms with Crippen LogP contribution < -0.4 is 0 Å². The third-order valence-corrected chi connectivity index (χ3v) is 1.55. The van der Waals surface area contributed by atoms with Crippen molar-refractivity contribution in [2.24, 2.45) is 0 Å². The molecule has 0 bridgehead atoms. The van der Waals surface area contributed by atoms with Crippen LogP contribution in [0.4, 0.5) is 0 Å². The largest absolute Gasteiger partial charge is 0.396 e. The highest BCUT2D eigenvalue weighted by molar-refractivity contribution is 4.46. The van der Waals surface area contributed by atoms with Crippen LogP contribution in [0.2, 0.25) is 0 Å². The van der Waals surface area contributed by atoms with Gasteiger partial charge in [0.25, 0.3) is 0 Å². The van der Waals surface area contributed by atoms with Gasteiger partial charge in [0.2, 0.25) is 0 Å². The molecule has 0 aromatic rings. The molecule has 0 saturated heterocycles. The number of unbranched alkanes of at least 4 members (excludes halogenated alkanes) is 1. The van der Waals surface area contributed by atoms with Gasteiger partial charge < -0.3 is 14.6 Å². The summed E-state index contributed by atoms with van der Waals surface area (Å²) in [5, 5.41) is 8.56. The van der Waals surface area contributed by atoms with Crippen LogP contribution in [0.3, 0.4) is 0 Å². The maximum atomic E-state index is 8.56. The number of aliphatic hydroxyl groups is 1. The first kappa shape index (κ1) is 11.9. The Morgan fingerprint density at radius 1 is 1.08 bits per heavy atom. The average Bonchev–Trinajstić information content (AvgIpc) is 2.06. The van der Waals surface area contributed by atoms with E-state index in [4.69, 9.17) is 14.6 Å². The van der Waals surface area contributed by atoms with Crippen LogP contribution in [0, 0.1) is 0 Å². The van der Waals surface area contributed by atoms with E-state index < -0.39 is 0 Å². The lowest BCUT2D eigenvalue weighted by Gasteiger charge is -2.16. The highest BCUT2D eigenvalue weighted by Gasteiger charge is 2.05. The summed E-state index contributed by atoms with van der Waals surface area (Å²) < 4.78 is 10.7. The normalized spacial score (nSPS) is 11.0. The summed E-state index contributed by atoms with van der Waals surface area (Å²) in [5.74, 6) is 0. The summed E-state index contributed by atoms with van der Waals surface area (Å²) in [4.78, 5) is 0. The zero-order chi connectivity index (χ0) is 9.23. The quantitative estimate of drug-likeness (QED) is 0.450. The fourth-order valence-corrected chi connectivity index (χ4v) is 1.01. The van der Waals surface area contributed by atoms with Crippen molar-refractivity contribution in [3.05, 3.63) is 0 Å². The zero-order valence-corrected chi connectivity index (χ0v) is 8.08. The van der Waals surface area contributed by atoms with Gasteiger partial charge in [0.15, 0.2) is 6.29 Å². The molecule has 74 valence electrons. The Bertz CT molecular complexity index is 79.8. The topological polar surface area (TPSA) is 38.7 Å². The number of ether oxygens (including phenoxy) is 2. The van der Waals surface area contributed by atoms with Crippen LogP contribution in [0.5, 0.6) is 0 Å². The first-order chi connectivity index (χ1) is 5.85. The van der Waals surface area contributed by atoms with E-state index in [-0.39, 0.29) is 12.9 Å². The minimum atomic E-state index is -0.0773. The molecule has 1 N–H and O–H groups in total. The van der Waals surface area contributed by atoms with Gasteiger partial charge in [-0.05, 0) is 33.1 Å². The van der Waals surface area contributed by atoms with Gasteiger partial charge in [0.05, 0.1) is 0 Å². The second-order valence-corrected chi connectivity index (χ2v) is 2.56. The monoisotopic (exact) mass is 176 g/mol. The number of aliphatic hydroxyl groups excluding tert-OH is 1. The van der Waals surface area contributed by atoms with Crippen LogP contribution in [0.25, 0.3) is 0 Å². The molecule has 0 radical (unpaired) electrons. The van der Waals surface area contributed by atoms with Crippen molar-refractivity contribution in [2.45, 2.75) is 39.4 Å². The van der Waals surface area contributed by atoms with E-state index in [1.165, 1.54) is 0 Å². The Kier molecular flexibility index (Phi) is 8.88. The average molecular weight is 176 g/mol. The van der Waals surface area contributed by atoms with Gasteiger partial charge in [-0.1, -0.05) is 0 Å². The molecule has 0 atom stereocenters. The van der Waals surface area contributed by atoms with Crippen molar-refractivity contribution in [3.63, 3.8) is 0 Å². The molecule has 0 fully saturated rings. The van der Waals surface area contributed by atoms with E-state index >= 15 is 0 Å². The van der Waals surface area contributed by atoms with Gasteiger partial charge in [0, 0.05) is 19.8 Å². The van der Waals surface area contributed by atoms with Crippen LogP contribution in [0.1, 0.15) is 33.1 Å². The predicted molar refractivity (Wildman–Crippen MR) is 48.0 cm³/mol. The lowest BCUT2D eigenvalue weighted by atomic mass is 10.2. The van der Waals surface area contributed by atoms with Gasteiger partial charge in [-0.25, -0.2) is 0 Å². The molecule has 0 heterocycles. The second-order valence-electron chi connectivity index (χ2n) is 2.56. The third-order valence-electron chi connectivity index (χ3n) is 1.55. The van der Waals surface area contributed by atoms with Crippen LogP contribution in [-0.4, -0.2) is 31.2 Å². The lowest BCUT2D eigenvalue weighted by molar-refractivity contribution is -0.140. The van der Waals surface area contributed by atoms with Crippen molar-refractivity contribution in [1.29, 1.82) is 0 Å².